The molecule has 0 radical (unpaired) electrons. The van der Waals surface area contributed by atoms with E-state index in [9.17, 15) is 0 Å². The van der Waals surface area contributed by atoms with Gasteiger partial charge in [0.25, 0.3) is 0 Å². The molecule has 0 amide bonds. The van der Waals surface area contributed by atoms with Crippen LogP contribution in [0, 0.1) is 0 Å². The first-order valence-electron chi connectivity index (χ1n) is 22.3. The average molecular weight is 832 g/mol. The number of nitrogens with zero attached hydrogens (tertiary/aromatic N) is 5. The van der Waals surface area contributed by atoms with Crippen molar-refractivity contribution >= 4 is 43.6 Å². The van der Waals surface area contributed by atoms with E-state index in [1.165, 1.54) is 38.8 Å². The molecule has 0 bridgehead atoms. The molecular weight excluding hydrogens is 791 g/mol. The van der Waals surface area contributed by atoms with Gasteiger partial charge < -0.3 is 4.57 Å². The van der Waals surface area contributed by atoms with Crippen molar-refractivity contribution in [2.24, 2.45) is 0 Å². The molecule has 0 N–H and O–H groups in total. The SMILES string of the molecule is CC1(C)c2ccccc2-c2ccc(-c3nc(-c4ccccc4)nc(-n4c5ccccc5c5ccc6c7ccccc7n(-c7ccccc7-c7cccc(-c8ccccc8)c7)c6c54)n3)cc21. The molecule has 1 aliphatic carbocycles. The number of rotatable bonds is 6. The quantitative estimate of drug-likeness (QED) is 0.168. The maximum Gasteiger partial charge on any atom is 0.238 e. The second-order valence-corrected chi connectivity index (χ2v) is 17.6. The zero-order valence-electron chi connectivity index (χ0n) is 35.9. The van der Waals surface area contributed by atoms with Gasteiger partial charge in [-0.15, -0.1) is 0 Å². The lowest BCUT2D eigenvalue weighted by atomic mass is 9.82. The van der Waals surface area contributed by atoms with E-state index in [4.69, 9.17) is 15.0 Å². The molecule has 306 valence electrons. The van der Waals surface area contributed by atoms with E-state index >= 15 is 0 Å². The van der Waals surface area contributed by atoms with Crippen LogP contribution in [0.5, 0.6) is 0 Å². The summed E-state index contributed by atoms with van der Waals surface area (Å²) < 4.78 is 4.75. The van der Waals surface area contributed by atoms with Gasteiger partial charge in [0.2, 0.25) is 5.95 Å². The zero-order chi connectivity index (χ0) is 43.2. The average Bonchev–Trinajstić information content (AvgIpc) is 3.97. The van der Waals surface area contributed by atoms with Crippen LogP contribution in [-0.2, 0) is 5.41 Å². The number of aromatic nitrogens is 5. The van der Waals surface area contributed by atoms with Crippen molar-refractivity contribution < 1.29 is 0 Å². The molecule has 13 rings (SSSR count). The van der Waals surface area contributed by atoms with Crippen LogP contribution >= 0.6 is 0 Å². The molecule has 3 aromatic heterocycles. The third kappa shape index (κ3) is 5.68. The first-order valence-corrected chi connectivity index (χ1v) is 22.3. The zero-order valence-corrected chi connectivity index (χ0v) is 35.9. The molecule has 0 fully saturated rings. The Labute approximate surface area is 376 Å². The van der Waals surface area contributed by atoms with Crippen molar-refractivity contribution in [3.8, 4) is 67.8 Å². The third-order valence-corrected chi connectivity index (χ3v) is 13.6. The maximum atomic E-state index is 5.49. The summed E-state index contributed by atoms with van der Waals surface area (Å²) in [5.41, 5.74) is 16.9. The highest BCUT2D eigenvalue weighted by Gasteiger charge is 2.35. The highest BCUT2D eigenvalue weighted by Crippen LogP contribution is 2.50. The molecule has 1 aliphatic rings. The molecule has 9 aromatic carbocycles. The Balaban J connectivity index is 1.11. The fourth-order valence-electron chi connectivity index (χ4n) is 10.5. The number of hydrogen-bond acceptors (Lipinski definition) is 3. The van der Waals surface area contributed by atoms with Gasteiger partial charge in [0.05, 0.1) is 27.8 Å². The van der Waals surface area contributed by atoms with Crippen LogP contribution in [0.1, 0.15) is 25.0 Å². The van der Waals surface area contributed by atoms with E-state index in [0.29, 0.717) is 17.6 Å². The van der Waals surface area contributed by atoms with Gasteiger partial charge >= 0.3 is 0 Å². The van der Waals surface area contributed by atoms with Crippen molar-refractivity contribution in [2.75, 3.05) is 0 Å². The first-order chi connectivity index (χ1) is 32.0. The number of benzene rings is 9. The number of para-hydroxylation sites is 3. The Morgan fingerprint density at radius 1 is 0.338 bits per heavy atom. The van der Waals surface area contributed by atoms with Crippen molar-refractivity contribution in [3.05, 3.63) is 223 Å². The Hall–Kier alpha value is -8.41. The molecule has 0 saturated heterocycles. The summed E-state index contributed by atoms with van der Waals surface area (Å²) in [6.45, 7) is 4.63. The topological polar surface area (TPSA) is 48.5 Å². The highest BCUT2D eigenvalue weighted by molar-refractivity contribution is 6.24. The van der Waals surface area contributed by atoms with Gasteiger partial charge in [-0.05, 0) is 69.3 Å². The summed E-state index contributed by atoms with van der Waals surface area (Å²) in [5.74, 6) is 1.82. The smallest absolute Gasteiger partial charge is 0.238 e. The lowest BCUT2D eigenvalue weighted by Crippen LogP contribution is -2.15. The Morgan fingerprint density at radius 3 is 1.62 bits per heavy atom. The molecule has 5 nitrogen and oxygen atoms in total. The van der Waals surface area contributed by atoms with E-state index in [1.54, 1.807) is 0 Å². The van der Waals surface area contributed by atoms with Crippen LogP contribution in [0.15, 0.2) is 212 Å². The summed E-state index contributed by atoms with van der Waals surface area (Å²) >= 11 is 0. The molecule has 0 atom stereocenters. The van der Waals surface area contributed by atoms with E-state index in [1.807, 2.05) is 18.2 Å². The number of hydrogen-bond donors (Lipinski definition) is 0. The van der Waals surface area contributed by atoms with Crippen molar-refractivity contribution in [1.82, 2.24) is 24.1 Å². The van der Waals surface area contributed by atoms with Crippen LogP contribution in [0.2, 0.25) is 0 Å². The highest BCUT2D eigenvalue weighted by atomic mass is 15.2. The van der Waals surface area contributed by atoms with Gasteiger partial charge in [-0.25, -0.2) is 4.98 Å². The second-order valence-electron chi connectivity index (χ2n) is 17.6. The van der Waals surface area contributed by atoms with Crippen molar-refractivity contribution in [2.45, 2.75) is 19.3 Å². The summed E-state index contributed by atoms with van der Waals surface area (Å²) in [4.78, 5) is 16.2. The Bertz CT molecular complexity index is 3860. The Morgan fingerprint density at radius 2 is 0.877 bits per heavy atom. The Kier molecular flexibility index (Phi) is 8.18. The van der Waals surface area contributed by atoms with Gasteiger partial charge in [0, 0.05) is 43.7 Å². The molecule has 65 heavy (non-hydrogen) atoms. The van der Waals surface area contributed by atoms with Gasteiger partial charge in [0.1, 0.15) is 0 Å². The standard InChI is InChI=1S/C60H41N5/c1-60(2)50-28-13-9-25-44(50)45-33-32-42(37-51(45)60)58-61-57(39-20-7-4-8-21-39)62-59(63-58)65-54-31-16-12-27-47(54)49-35-34-48-46-26-11-15-30-53(46)64(55(48)56(49)65)52-29-14-10-24-43(52)41-23-17-22-40(36-41)38-18-5-3-6-19-38/h3-37H,1-2H3. The second kappa shape index (κ2) is 14.3. The van der Waals surface area contributed by atoms with Crippen LogP contribution in [-0.4, -0.2) is 24.1 Å². The molecular formula is C60H41N5. The minimum absolute atomic E-state index is 0.176. The summed E-state index contributed by atoms with van der Waals surface area (Å²) in [6, 6.07) is 76.1. The van der Waals surface area contributed by atoms with Crippen LogP contribution in [0.4, 0.5) is 0 Å². The molecule has 0 aliphatic heterocycles. The summed E-state index contributed by atoms with van der Waals surface area (Å²) in [7, 11) is 0. The third-order valence-electron chi connectivity index (χ3n) is 13.6. The van der Waals surface area contributed by atoms with Gasteiger partial charge in [-0.2, -0.15) is 9.97 Å². The predicted octanol–water partition coefficient (Wildman–Crippen LogP) is 15.0. The molecule has 0 spiro atoms. The fraction of sp³-hybridized carbons (Fsp3) is 0.0500. The van der Waals surface area contributed by atoms with E-state index < -0.39 is 0 Å². The molecule has 5 heteroatoms. The maximum absolute atomic E-state index is 5.49. The van der Waals surface area contributed by atoms with Crippen molar-refractivity contribution in [3.63, 3.8) is 0 Å². The molecule has 12 aromatic rings. The van der Waals surface area contributed by atoms with Crippen LogP contribution < -0.4 is 0 Å². The van der Waals surface area contributed by atoms with Gasteiger partial charge in [-0.3, -0.25) is 4.57 Å². The normalized spacial score (nSPS) is 12.9. The molecule has 0 unspecified atom stereocenters. The monoisotopic (exact) mass is 831 g/mol. The summed E-state index contributed by atoms with van der Waals surface area (Å²) in [6.07, 6.45) is 0. The van der Waals surface area contributed by atoms with E-state index in [2.05, 4.69) is 217 Å². The van der Waals surface area contributed by atoms with Crippen molar-refractivity contribution in [1.29, 1.82) is 0 Å². The predicted molar refractivity (Wildman–Crippen MR) is 268 cm³/mol. The van der Waals surface area contributed by atoms with Crippen LogP contribution in [0.3, 0.4) is 0 Å². The van der Waals surface area contributed by atoms with E-state index in [-0.39, 0.29) is 5.41 Å². The largest absolute Gasteiger partial charge is 0.307 e. The minimum Gasteiger partial charge on any atom is -0.307 e. The van der Waals surface area contributed by atoms with Crippen LogP contribution in [0.25, 0.3) is 111 Å². The molecule has 0 saturated carbocycles. The minimum atomic E-state index is -0.176. The first kappa shape index (κ1) is 37.2. The lowest BCUT2D eigenvalue weighted by molar-refractivity contribution is 0.660. The lowest BCUT2D eigenvalue weighted by Gasteiger charge is -2.21. The van der Waals surface area contributed by atoms with Gasteiger partial charge in [-0.1, -0.05) is 196 Å². The molecule has 3 heterocycles. The van der Waals surface area contributed by atoms with E-state index in [0.717, 1.165) is 66.2 Å². The van der Waals surface area contributed by atoms with Gasteiger partial charge in [0.15, 0.2) is 11.6 Å². The summed E-state index contributed by atoms with van der Waals surface area (Å²) in [5, 5.41) is 4.59. The number of fused-ring (bicyclic) bond motifs is 10. The fourth-order valence-corrected chi connectivity index (χ4v) is 10.5.